The zero-order valence-electron chi connectivity index (χ0n) is 34.9. The minimum atomic E-state index is -3.70. The summed E-state index contributed by atoms with van der Waals surface area (Å²) in [5.41, 5.74) is 4.45. The van der Waals surface area contributed by atoms with Gasteiger partial charge in [0.05, 0.1) is 10.6 Å². The van der Waals surface area contributed by atoms with E-state index in [1.54, 1.807) is 59.5 Å². The fourth-order valence-corrected chi connectivity index (χ4v) is 11.6. The van der Waals surface area contributed by atoms with Gasteiger partial charge in [0.25, 0.3) is 5.91 Å². The van der Waals surface area contributed by atoms with Gasteiger partial charge in [-0.05, 0) is 79.6 Å². The van der Waals surface area contributed by atoms with Crippen molar-refractivity contribution >= 4 is 85.7 Å². The number of thiophene rings is 1. The molecular weight excluding hydrogens is 902 g/mol. The van der Waals surface area contributed by atoms with Gasteiger partial charge in [-0.2, -0.15) is 0 Å². The zero-order chi connectivity index (χ0) is 46.0. The maximum atomic E-state index is 13.6. The van der Waals surface area contributed by atoms with Crippen LogP contribution < -0.4 is 26.0 Å². The molecule has 21 heteroatoms. The molecule has 3 fully saturated rings. The number of imide groups is 1. The summed E-state index contributed by atoms with van der Waals surface area (Å²) in [5, 5.41) is 30.9. The van der Waals surface area contributed by atoms with Crippen molar-refractivity contribution in [2.75, 3.05) is 48.7 Å². The van der Waals surface area contributed by atoms with E-state index in [4.69, 9.17) is 21.4 Å². The maximum absolute atomic E-state index is 13.6. The monoisotopic (exact) mass is 947 g/mol. The lowest BCUT2D eigenvalue weighted by Crippen LogP contribution is -2.52. The molecule has 0 saturated carbocycles. The number of nitrogens with one attached hydrogen (secondary N) is 4. The summed E-state index contributed by atoms with van der Waals surface area (Å²) in [6, 6.07) is 18.4. The van der Waals surface area contributed by atoms with Crippen molar-refractivity contribution in [1.82, 2.24) is 19.4 Å². The molecule has 5 amide bonds. The molecule has 4 aromatic rings. The molecule has 342 valence electrons. The Bertz CT molecular complexity index is 2660. The van der Waals surface area contributed by atoms with Gasteiger partial charge in [-0.3, -0.25) is 19.7 Å². The Morgan fingerprint density at radius 1 is 0.862 bits per heavy atom. The van der Waals surface area contributed by atoms with Gasteiger partial charge in [0.2, 0.25) is 21.8 Å². The minimum absolute atomic E-state index is 0.0000688. The van der Waals surface area contributed by atoms with E-state index in [0.717, 1.165) is 22.6 Å². The number of nitrogens with zero attached hydrogens (tertiary/aromatic N) is 3. The lowest BCUT2D eigenvalue weighted by atomic mass is 10.0. The van der Waals surface area contributed by atoms with E-state index in [-0.39, 0.29) is 83.8 Å². The average Bonchev–Trinajstić information content (AvgIpc) is 3.79. The van der Waals surface area contributed by atoms with E-state index in [0.29, 0.717) is 71.7 Å². The molecule has 1 unspecified atom stereocenters. The van der Waals surface area contributed by atoms with E-state index in [1.807, 2.05) is 12.1 Å². The van der Waals surface area contributed by atoms with Gasteiger partial charge in [0.1, 0.15) is 11.1 Å². The summed E-state index contributed by atoms with van der Waals surface area (Å²) in [6.07, 6.45) is 2.80. The smallest absolute Gasteiger partial charge is 0.349 e. The maximum Gasteiger partial charge on any atom is 0.349 e. The number of carbonyl (C=O) groups is 6. The molecule has 5 heterocycles. The van der Waals surface area contributed by atoms with Gasteiger partial charge in [-0.15, -0.1) is 11.3 Å². The molecule has 0 radical (unpaired) electrons. The SMILES string of the molecule is O=C(O)COc1c(C(=O)O)sc(-c2cccc(NC3CCN(S(=O)(=O)Cc4cccc(NC(=O)N5CCC(Nc6cccc7c6CN(C6CCC(=O)NC6=O)C7=O)CC5)c4)CC3)c2)c1Cl. The third-order valence-corrected chi connectivity index (χ3v) is 15.5. The number of carboxylic acids is 2. The number of fused-ring (bicyclic) bond motifs is 1. The third-order valence-electron chi connectivity index (χ3n) is 11.9. The lowest BCUT2D eigenvalue weighted by Gasteiger charge is -2.33. The number of halogens is 1. The van der Waals surface area contributed by atoms with Crippen molar-refractivity contribution in [3.05, 3.63) is 93.3 Å². The quantitative estimate of drug-likeness (QED) is 0.0856. The molecule has 4 aliphatic heterocycles. The second-order valence-electron chi connectivity index (χ2n) is 16.3. The van der Waals surface area contributed by atoms with E-state index in [9.17, 15) is 42.3 Å². The number of sulfonamides is 1. The van der Waals surface area contributed by atoms with Gasteiger partial charge < -0.3 is 40.7 Å². The highest BCUT2D eigenvalue weighted by Crippen LogP contribution is 2.46. The number of hydrogen-bond acceptors (Lipinski definition) is 12. The Morgan fingerprint density at radius 3 is 2.28 bits per heavy atom. The number of hydrogen-bond donors (Lipinski definition) is 6. The Labute approximate surface area is 382 Å². The van der Waals surface area contributed by atoms with Crippen LogP contribution in [0.2, 0.25) is 5.02 Å². The molecule has 3 saturated heterocycles. The van der Waals surface area contributed by atoms with Gasteiger partial charge in [0.15, 0.2) is 17.2 Å². The first-order valence-corrected chi connectivity index (χ1v) is 23.9. The molecule has 65 heavy (non-hydrogen) atoms. The molecule has 4 aliphatic rings. The Balaban J connectivity index is 0.806. The fourth-order valence-electron chi connectivity index (χ4n) is 8.66. The first-order chi connectivity index (χ1) is 31.1. The average molecular weight is 948 g/mol. The molecule has 1 atom stereocenters. The van der Waals surface area contributed by atoms with Crippen molar-refractivity contribution in [2.45, 2.75) is 68.9 Å². The number of urea groups is 1. The highest BCUT2D eigenvalue weighted by molar-refractivity contribution is 7.88. The second kappa shape index (κ2) is 19.1. The molecule has 8 rings (SSSR count). The number of carboxylic acid groups (broad SMARTS) is 2. The first-order valence-electron chi connectivity index (χ1n) is 21.1. The molecule has 3 aromatic carbocycles. The van der Waals surface area contributed by atoms with Crippen LogP contribution in [0.4, 0.5) is 21.9 Å². The van der Waals surface area contributed by atoms with E-state index in [2.05, 4.69) is 21.3 Å². The van der Waals surface area contributed by atoms with Crippen LogP contribution in [0.15, 0.2) is 66.7 Å². The number of aromatic carboxylic acids is 1. The normalized spacial score (nSPS) is 18.5. The van der Waals surface area contributed by atoms with Crippen LogP contribution in [0.3, 0.4) is 0 Å². The summed E-state index contributed by atoms with van der Waals surface area (Å²) >= 11 is 7.36. The van der Waals surface area contributed by atoms with Crippen LogP contribution in [0.1, 0.15) is 69.7 Å². The zero-order valence-corrected chi connectivity index (χ0v) is 37.3. The van der Waals surface area contributed by atoms with Crippen LogP contribution >= 0.6 is 22.9 Å². The van der Waals surface area contributed by atoms with Crippen molar-refractivity contribution in [2.24, 2.45) is 0 Å². The lowest BCUT2D eigenvalue weighted by molar-refractivity contribution is -0.139. The molecule has 18 nitrogen and oxygen atoms in total. The Kier molecular flexibility index (Phi) is 13.3. The number of rotatable bonds is 14. The van der Waals surface area contributed by atoms with Crippen LogP contribution in [0.5, 0.6) is 5.75 Å². The third kappa shape index (κ3) is 10.2. The molecule has 0 bridgehead atoms. The minimum Gasteiger partial charge on any atom is -0.479 e. The standard InChI is InChI=1S/C44H46ClN7O11S2/c45-37-38(63-23-36(54)55)40(43(58)59)64-39(37)26-5-2-7-30(21-26)46-27-14-18-51(19-15-27)65(61,62)24-25-4-1-6-29(20-25)48-44(60)50-16-12-28(13-17-50)47-33-9-3-8-31-32(33)22-52(42(31)57)34-10-11-35(53)49-41(34)56/h1-9,20-21,27-28,34,46-47H,10-19,22-24H2,(H,48,60)(H,54,55)(H,58,59)(H,49,53,56). The summed E-state index contributed by atoms with van der Waals surface area (Å²) in [7, 11) is -3.70. The fraction of sp³-hybridized carbons (Fsp3) is 0.364. The molecule has 1 aromatic heterocycles. The number of anilines is 3. The molecule has 6 N–H and O–H groups in total. The van der Waals surface area contributed by atoms with Crippen molar-refractivity contribution in [1.29, 1.82) is 0 Å². The van der Waals surface area contributed by atoms with Crippen molar-refractivity contribution in [3.63, 3.8) is 0 Å². The first kappa shape index (κ1) is 45.4. The largest absolute Gasteiger partial charge is 0.479 e. The number of amides is 5. The number of aliphatic carboxylic acids is 1. The number of benzene rings is 3. The molecular formula is C44H46ClN7O11S2. The number of likely N-dealkylation sites (tertiary alicyclic amines) is 1. The van der Waals surface area contributed by atoms with Gasteiger partial charge in [0, 0.05) is 79.4 Å². The predicted molar refractivity (Wildman–Crippen MR) is 242 cm³/mol. The van der Waals surface area contributed by atoms with Crippen molar-refractivity contribution < 1.29 is 52.1 Å². The summed E-state index contributed by atoms with van der Waals surface area (Å²) in [4.78, 5) is 77.2. The predicted octanol–water partition coefficient (Wildman–Crippen LogP) is 5.51. The summed E-state index contributed by atoms with van der Waals surface area (Å²) in [6.45, 7) is 1.01. The van der Waals surface area contributed by atoms with Crippen LogP contribution in [0.25, 0.3) is 10.4 Å². The van der Waals surface area contributed by atoms with E-state index >= 15 is 0 Å². The van der Waals surface area contributed by atoms with Crippen LogP contribution in [-0.4, -0.2) is 119 Å². The highest BCUT2D eigenvalue weighted by atomic mass is 35.5. The number of ether oxygens (including phenoxy) is 1. The van der Waals surface area contributed by atoms with E-state index in [1.165, 1.54) is 9.21 Å². The van der Waals surface area contributed by atoms with Crippen LogP contribution in [0, 0.1) is 0 Å². The summed E-state index contributed by atoms with van der Waals surface area (Å²) in [5.74, 6) is -4.06. The van der Waals surface area contributed by atoms with Crippen LogP contribution in [-0.2, 0) is 36.7 Å². The summed E-state index contributed by atoms with van der Waals surface area (Å²) < 4.78 is 33.9. The number of piperidine rings is 3. The Hall–Kier alpha value is -6.22. The highest BCUT2D eigenvalue weighted by Gasteiger charge is 2.40. The van der Waals surface area contributed by atoms with Gasteiger partial charge >= 0.3 is 18.0 Å². The molecule has 0 aliphatic carbocycles. The molecule has 0 spiro atoms. The van der Waals surface area contributed by atoms with E-state index < -0.39 is 40.5 Å². The van der Waals surface area contributed by atoms with Crippen molar-refractivity contribution in [3.8, 4) is 16.2 Å². The second-order valence-corrected chi connectivity index (χ2v) is 19.7. The topological polar surface area (TPSA) is 244 Å². The Morgan fingerprint density at radius 2 is 1.55 bits per heavy atom. The van der Waals surface area contributed by atoms with Gasteiger partial charge in [-0.1, -0.05) is 41.9 Å². The number of carbonyl (C=O) groups excluding carboxylic acids is 4. The van der Waals surface area contributed by atoms with Gasteiger partial charge in [-0.25, -0.2) is 27.1 Å².